The minimum atomic E-state index is 0.0492. The minimum Gasteiger partial charge on any atom is -0.494 e. The monoisotopic (exact) mass is 460 g/mol. The number of nitriles is 1. The van der Waals surface area contributed by atoms with Crippen LogP contribution >= 0.6 is 0 Å². The lowest BCUT2D eigenvalue weighted by atomic mass is 10.1. The van der Waals surface area contributed by atoms with Crippen molar-refractivity contribution in [3.05, 3.63) is 65.2 Å². The first-order valence-corrected chi connectivity index (χ1v) is 12.7. The molecule has 0 atom stereocenters. The fourth-order valence-corrected chi connectivity index (χ4v) is 4.81. The van der Waals surface area contributed by atoms with Crippen molar-refractivity contribution >= 4 is 5.91 Å². The quantitative estimate of drug-likeness (QED) is 0.554. The maximum absolute atomic E-state index is 12.9. The van der Waals surface area contributed by atoms with E-state index in [-0.39, 0.29) is 5.91 Å². The van der Waals surface area contributed by atoms with Crippen molar-refractivity contribution in [3.8, 4) is 11.8 Å². The molecule has 6 heteroatoms. The number of ether oxygens (including phenoxy) is 1. The maximum atomic E-state index is 12.9. The fraction of sp³-hybridized carbons (Fsp3) is 0.500. The van der Waals surface area contributed by atoms with Crippen molar-refractivity contribution in [1.29, 1.82) is 5.26 Å². The highest BCUT2D eigenvalue weighted by Crippen LogP contribution is 2.17. The summed E-state index contributed by atoms with van der Waals surface area (Å²) in [5.41, 5.74) is 2.50. The largest absolute Gasteiger partial charge is 0.494 e. The van der Waals surface area contributed by atoms with E-state index in [1.807, 2.05) is 4.90 Å². The van der Waals surface area contributed by atoms with Gasteiger partial charge >= 0.3 is 0 Å². The molecular formula is C28H36N4O2. The normalized spacial score (nSPS) is 17.7. The molecule has 2 aliphatic heterocycles. The van der Waals surface area contributed by atoms with Crippen molar-refractivity contribution in [1.82, 2.24) is 14.7 Å². The van der Waals surface area contributed by atoms with E-state index in [0.29, 0.717) is 11.1 Å². The zero-order valence-electron chi connectivity index (χ0n) is 20.1. The van der Waals surface area contributed by atoms with Crippen LogP contribution < -0.4 is 4.74 Å². The molecule has 0 saturated carbocycles. The van der Waals surface area contributed by atoms with Gasteiger partial charge in [-0.1, -0.05) is 18.6 Å². The molecule has 4 rings (SSSR count). The number of benzene rings is 2. The minimum absolute atomic E-state index is 0.0492. The molecule has 2 heterocycles. The summed E-state index contributed by atoms with van der Waals surface area (Å²) < 4.78 is 5.96. The third-order valence-electron chi connectivity index (χ3n) is 6.80. The molecule has 6 nitrogen and oxygen atoms in total. The molecule has 0 bridgehead atoms. The molecule has 2 aromatic rings. The smallest absolute Gasteiger partial charge is 0.253 e. The van der Waals surface area contributed by atoms with Gasteiger partial charge in [-0.2, -0.15) is 5.26 Å². The molecule has 180 valence electrons. The zero-order chi connectivity index (χ0) is 23.6. The Labute approximate surface area is 203 Å². The molecule has 1 amide bonds. The van der Waals surface area contributed by atoms with E-state index >= 15 is 0 Å². The van der Waals surface area contributed by atoms with E-state index < -0.39 is 0 Å². The van der Waals surface area contributed by atoms with Crippen LogP contribution in [0.3, 0.4) is 0 Å². The summed E-state index contributed by atoms with van der Waals surface area (Å²) in [7, 11) is 0. The Balaban J connectivity index is 1.19. The van der Waals surface area contributed by atoms with Crippen molar-refractivity contribution < 1.29 is 9.53 Å². The van der Waals surface area contributed by atoms with Crippen molar-refractivity contribution in [3.63, 3.8) is 0 Å². The van der Waals surface area contributed by atoms with Gasteiger partial charge in [-0.15, -0.1) is 0 Å². The van der Waals surface area contributed by atoms with Crippen molar-refractivity contribution in [2.24, 2.45) is 0 Å². The SMILES string of the molecule is N#Cc1ccc(C(=O)N2CCCN(Cc3ccc(OCCCN4CCCCC4)cc3)CC2)cc1. The lowest BCUT2D eigenvalue weighted by Crippen LogP contribution is -2.35. The number of hydrogen-bond donors (Lipinski definition) is 0. The summed E-state index contributed by atoms with van der Waals surface area (Å²) in [5.74, 6) is 0.991. The first kappa shape index (κ1) is 24.3. The Kier molecular flexibility index (Phi) is 8.95. The van der Waals surface area contributed by atoms with Crippen LogP contribution in [-0.2, 0) is 6.54 Å². The molecule has 0 unspecified atom stereocenters. The fourth-order valence-electron chi connectivity index (χ4n) is 4.81. The second-order valence-corrected chi connectivity index (χ2v) is 9.36. The maximum Gasteiger partial charge on any atom is 0.253 e. The van der Waals surface area contributed by atoms with Gasteiger partial charge < -0.3 is 14.5 Å². The summed E-state index contributed by atoms with van der Waals surface area (Å²) in [5, 5.41) is 8.95. The molecule has 2 fully saturated rings. The standard InChI is InChI=1S/C28H36N4O2/c29-22-24-6-10-26(11-7-24)28(33)32-18-4-16-31(19-20-32)23-25-8-12-27(13-9-25)34-21-5-17-30-14-2-1-3-15-30/h6-13H,1-5,14-21,23H2. The highest BCUT2D eigenvalue weighted by molar-refractivity contribution is 5.94. The highest BCUT2D eigenvalue weighted by atomic mass is 16.5. The molecule has 0 aromatic heterocycles. The molecule has 0 radical (unpaired) electrons. The van der Waals surface area contributed by atoms with Crippen LogP contribution in [0.2, 0.25) is 0 Å². The topological polar surface area (TPSA) is 59.8 Å². The van der Waals surface area contributed by atoms with Crippen LogP contribution in [0.25, 0.3) is 0 Å². The number of nitrogens with zero attached hydrogens (tertiary/aromatic N) is 4. The number of hydrogen-bond acceptors (Lipinski definition) is 5. The molecule has 34 heavy (non-hydrogen) atoms. The average Bonchev–Trinajstić information content (AvgIpc) is 3.13. The number of likely N-dealkylation sites (tertiary alicyclic amines) is 1. The second kappa shape index (κ2) is 12.5. The molecule has 0 spiro atoms. The Morgan fingerprint density at radius 1 is 0.824 bits per heavy atom. The average molecular weight is 461 g/mol. The summed E-state index contributed by atoms with van der Waals surface area (Å²) in [4.78, 5) is 19.8. The Morgan fingerprint density at radius 3 is 2.29 bits per heavy atom. The highest BCUT2D eigenvalue weighted by Gasteiger charge is 2.20. The van der Waals surface area contributed by atoms with E-state index in [0.717, 1.165) is 64.5 Å². The van der Waals surface area contributed by atoms with E-state index in [4.69, 9.17) is 10.00 Å². The lowest BCUT2D eigenvalue weighted by Gasteiger charge is -2.26. The number of carbonyl (C=O) groups is 1. The van der Waals surface area contributed by atoms with Crippen LogP contribution in [0, 0.1) is 11.3 Å². The first-order chi connectivity index (χ1) is 16.7. The van der Waals surface area contributed by atoms with Gasteiger partial charge in [0.2, 0.25) is 0 Å². The lowest BCUT2D eigenvalue weighted by molar-refractivity contribution is 0.0761. The van der Waals surface area contributed by atoms with Gasteiger partial charge in [-0.25, -0.2) is 0 Å². The van der Waals surface area contributed by atoms with E-state index in [9.17, 15) is 4.79 Å². The third-order valence-corrected chi connectivity index (χ3v) is 6.80. The van der Waals surface area contributed by atoms with Gasteiger partial charge in [0.25, 0.3) is 5.91 Å². The summed E-state index contributed by atoms with van der Waals surface area (Å²) >= 11 is 0. The predicted molar refractivity (Wildman–Crippen MR) is 134 cm³/mol. The summed E-state index contributed by atoms with van der Waals surface area (Å²) in [6.45, 7) is 8.59. The zero-order valence-corrected chi connectivity index (χ0v) is 20.1. The molecular weight excluding hydrogens is 424 g/mol. The van der Waals surface area contributed by atoms with E-state index in [1.54, 1.807) is 24.3 Å². The summed E-state index contributed by atoms with van der Waals surface area (Å²) in [6.07, 6.45) is 6.09. The Bertz CT molecular complexity index is 946. The molecule has 2 saturated heterocycles. The predicted octanol–water partition coefficient (Wildman–Crippen LogP) is 4.16. The Morgan fingerprint density at radius 2 is 1.56 bits per heavy atom. The molecule has 2 aliphatic rings. The van der Waals surface area contributed by atoms with E-state index in [2.05, 4.69) is 40.1 Å². The van der Waals surface area contributed by atoms with E-state index in [1.165, 1.54) is 37.9 Å². The van der Waals surface area contributed by atoms with Gasteiger partial charge in [0.15, 0.2) is 0 Å². The van der Waals surface area contributed by atoms with Crippen LogP contribution in [0.15, 0.2) is 48.5 Å². The van der Waals surface area contributed by atoms with Crippen molar-refractivity contribution in [2.75, 3.05) is 52.4 Å². The van der Waals surface area contributed by atoms with Crippen LogP contribution in [0.4, 0.5) is 0 Å². The third kappa shape index (κ3) is 7.06. The van der Waals surface area contributed by atoms with Gasteiger partial charge in [0.1, 0.15) is 5.75 Å². The van der Waals surface area contributed by atoms with Gasteiger partial charge in [-0.3, -0.25) is 9.69 Å². The summed E-state index contributed by atoms with van der Waals surface area (Å²) in [6, 6.07) is 17.5. The van der Waals surface area contributed by atoms with Crippen LogP contribution in [0.1, 0.15) is 53.6 Å². The Hall–Kier alpha value is -2.88. The molecule has 0 N–H and O–H groups in total. The molecule has 2 aromatic carbocycles. The number of piperidine rings is 1. The number of carbonyl (C=O) groups excluding carboxylic acids is 1. The second-order valence-electron chi connectivity index (χ2n) is 9.36. The van der Waals surface area contributed by atoms with Crippen LogP contribution in [0.5, 0.6) is 5.75 Å². The van der Waals surface area contributed by atoms with Gasteiger partial charge in [0.05, 0.1) is 18.2 Å². The van der Waals surface area contributed by atoms with Gasteiger partial charge in [0, 0.05) is 44.8 Å². The first-order valence-electron chi connectivity index (χ1n) is 12.7. The molecule has 0 aliphatic carbocycles. The van der Waals surface area contributed by atoms with Crippen LogP contribution in [-0.4, -0.2) is 73.0 Å². The van der Waals surface area contributed by atoms with Gasteiger partial charge in [-0.05, 0) is 80.7 Å². The number of amides is 1. The number of rotatable bonds is 8. The van der Waals surface area contributed by atoms with Crippen molar-refractivity contribution in [2.45, 2.75) is 38.6 Å².